The Morgan fingerprint density at radius 1 is 0.833 bits per heavy atom. The predicted octanol–water partition coefficient (Wildman–Crippen LogP) is 5.09. The van der Waals surface area contributed by atoms with E-state index in [0.29, 0.717) is 16.7 Å². The van der Waals surface area contributed by atoms with Crippen LogP contribution in [0.2, 0.25) is 5.02 Å². The minimum absolute atomic E-state index is 0.113. The topological polar surface area (TPSA) is 0 Å². The first-order valence-electron chi connectivity index (χ1n) is 5.03. The number of rotatable bonds is 2. The van der Waals surface area contributed by atoms with Crippen molar-refractivity contribution in [3.63, 3.8) is 0 Å². The Hall–Kier alpha value is -1.19. The molecule has 0 aliphatic carbocycles. The predicted molar refractivity (Wildman–Crippen MR) is 65.5 cm³/mol. The fraction of sp³-hybridized carbons (Fsp3) is 0.0769. The Labute approximate surface area is 112 Å². The van der Waals surface area contributed by atoms with E-state index in [1.807, 2.05) is 0 Å². The standard InChI is InChI=1S/C13H7Cl2F3/c14-8-3-1-7(2-4-8)13(15)9-5-11(17)12(18)6-10(9)16/h1-6,13H. The summed E-state index contributed by atoms with van der Waals surface area (Å²) >= 11 is 11.8. The number of benzene rings is 2. The van der Waals surface area contributed by atoms with Crippen LogP contribution in [0.5, 0.6) is 0 Å². The van der Waals surface area contributed by atoms with Gasteiger partial charge in [-0.2, -0.15) is 0 Å². The molecule has 0 saturated heterocycles. The molecule has 0 spiro atoms. The second kappa shape index (κ2) is 5.21. The lowest BCUT2D eigenvalue weighted by Crippen LogP contribution is -2.00. The quantitative estimate of drug-likeness (QED) is 0.534. The van der Waals surface area contributed by atoms with Crippen LogP contribution >= 0.6 is 23.2 Å². The normalized spacial score (nSPS) is 12.5. The van der Waals surface area contributed by atoms with E-state index in [-0.39, 0.29) is 5.56 Å². The van der Waals surface area contributed by atoms with Crippen LogP contribution in [0, 0.1) is 17.5 Å². The van der Waals surface area contributed by atoms with Crippen LogP contribution in [-0.2, 0) is 0 Å². The van der Waals surface area contributed by atoms with Crippen molar-refractivity contribution < 1.29 is 13.2 Å². The van der Waals surface area contributed by atoms with Crippen LogP contribution in [0.4, 0.5) is 13.2 Å². The summed E-state index contributed by atoms with van der Waals surface area (Å²) < 4.78 is 39.4. The van der Waals surface area contributed by atoms with Crippen molar-refractivity contribution in [1.29, 1.82) is 0 Å². The molecule has 2 rings (SSSR count). The highest BCUT2D eigenvalue weighted by Gasteiger charge is 2.18. The van der Waals surface area contributed by atoms with E-state index in [4.69, 9.17) is 23.2 Å². The molecule has 0 nitrogen and oxygen atoms in total. The molecule has 5 heteroatoms. The molecule has 0 heterocycles. The van der Waals surface area contributed by atoms with Gasteiger partial charge in [-0.3, -0.25) is 0 Å². The molecule has 0 bridgehead atoms. The van der Waals surface area contributed by atoms with Gasteiger partial charge in [-0.15, -0.1) is 11.6 Å². The minimum Gasteiger partial charge on any atom is -0.207 e. The van der Waals surface area contributed by atoms with Crippen molar-refractivity contribution in [2.24, 2.45) is 0 Å². The van der Waals surface area contributed by atoms with E-state index in [1.165, 1.54) is 0 Å². The van der Waals surface area contributed by atoms with Crippen LogP contribution < -0.4 is 0 Å². The van der Waals surface area contributed by atoms with Crippen molar-refractivity contribution in [3.8, 4) is 0 Å². The SMILES string of the molecule is Fc1cc(F)c(C(Cl)c2ccc(Cl)cc2)cc1F. The first-order chi connectivity index (χ1) is 8.49. The largest absolute Gasteiger partial charge is 0.207 e. The number of hydrogen-bond acceptors (Lipinski definition) is 0. The van der Waals surface area contributed by atoms with Crippen molar-refractivity contribution in [2.45, 2.75) is 5.38 Å². The zero-order valence-corrected chi connectivity index (χ0v) is 10.4. The zero-order valence-electron chi connectivity index (χ0n) is 8.93. The highest BCUT2D eigenvalue weighted by molar-refractivity contribution is 6.30. The fourth-order valence-corrected chi connectivity index (χ4v) is 1.98. The smallest absolute Gasteiger partial charge is 0.161 e. The molecule has 2 aromatic rings. The van der Waals surface area contributed by atoms with Crippen molar-refractivity contribution in [1.82, 2.24) is 0 Å². The van der Waals surface area contributed by atoms with Gasteiger partial charge in [-0.05, 0) is 23.8 Å². The maximum atomic E-state index is 13.5. The Morgan fingerprint density at radius 3 is 2.00 bits per heavy atom. The van der Waals surface area contributed by atoms with E-state index in [0.717, 1.165) is 6.07 Å². The van der Waals surface area contributed by atoms with Crippen LogP contribution in [0.25, 0.3) is 0 Å². The van der Waals surface area contributed by atoms with Gasteiger partial charge in [-0.1, -0.05) is 23.7 Å². The molecule has 0 saturated carbocycles. The number of hydrogen-bond donors (Lipinski definition) is 0. The van der Waals surface area contributed by atoms with E-state index >= 15 is 0 Å². The molecule has 0 aliphatic rings. The summed E-state index contributed by atoms with van der Waals surface area (Å²) in [6.45, 7) is 0. The van der Waals surface area contributed by atoms with E-state index in [9.17, 15) is 13.2 Å². The number of alkyl halides is 1. The van der Waals surface area contributed by atoms with Gasteiger partial charge in [0.2, 0.25) is 0 Å². The maximum absolute atomic E-state index is 13.5. The van der Waals surface area contributed by atoms with Gasteiger partial charge in [0, 0.05) is 16.7 Å². The van der Waals surface area contributed by atoms with E-state index in [1.54, 1.807) is 24.3 Å². The summed E-state index contributed by atoms with van der Waals surface area (Å²) in [5.41, 5.74) is 0.434. The van der Waals surface area contributed by atoms with Crippen LogP contribution in [0.3, 0.4) is 0 Å². The van der Waals surface area contributed by atoms with Crippen LogP contribution in [-0.4, -0.2) is 0 Å². The van der Waals surface area contributed by atoms with Gasteiger partial charge < -0.3 is 0 Å². The third kappa shape index (κ3) is 2.62. The van der Waals surface area contributed by atoms with Gasteiger partial charge in [0.1, 0.15) is 5.82 Å². The van der Waals surface area contributed by atoms with Crippen LogP contribution in [0.1, 0.15) is 16.5 Å². The molecule has 18 heavy (non-hydrogen) atoms. The first kappa shape index (κ1) is 13.2. The molecule has 0 aliphatic heterocycles. The lowest BCUT2D eigenvalue weighted by molar-refractivity contribution is 0.490. The Morgan fingerprint density at radius 2 is 1.39 bits per heavy atom. The van der Waals surface area contributed by atoms with Gasteiger partial charge in [0.25, 0.3) is 0 Å². The molecule has 94 valence electrons. The molecular formula is C13H7Cl2F3. The lowest BCUT2D eigenvalue weighted by Gasteiger charge is -2.12. The van der Waals surface area contributed by atoms with Crippen molar-refractivity contribution in [2.75, 3.05) is 0 Å². The zero-order chi connectivity index (χ0) is 13.3. The van der Waals surface area contributed by atoms with Crippen molar-refractivity contribution in [3.05, 3.63) is 70.0 Å². The molecule has 2 aromatic carbocycles. The Bertz CT molecular complexity index is 567. The monoisotopic (exact) mass is 290 g/mol. The second-order valence-electron chi connectivity index (χ2n) is 3.70. The molecule has 1 unspecified atom stereocenters. The minimum atomic E-state index is -1.24. The van der Waals surface area contributed by atoms with E-state index in [2.05, 4.69) is 0 Å². The molecule has 0 aromatic heterocycles. The van der Waals surface area contributed by atoms with E-state index < -0.39 is 22.8 Å². The molecular weight excluding hydrogens is 284 g/mol. The lowest BCUT2D eigenvalue weighted by atomic mass is 10.0. The summed E-state index contributed by atoms with van der Waals surface area (Å²) in [6, 6.07) is 7.61. The summed E-state index contributed by atoms with van der Waals surface area (Å²) in [7, 11) is 0. The Balaban J connectivity index is 2.42. The van der Waals surface area contributed by atoms with Gasteiger partial charge in [0.05, 0.1) is 5.38 Å². The third-order valence-corrected chi connectivity index (χ3v) is 3.21. The molecule has 0 N–H and O–H groups in total. The van der Waals surface area contributed by atoms with Crippen molar-refractivity contribution >= 4 is 23.2 Å². The molecule has 0 amide bonds. The molecule has 1 atom stereocenters. The molecule has 0 radical (unpaired) electrons. The summed E-state index contributed by atoms with van der Waals surface area (Å²) in [5, 5.41) is -0.397. The maximum Gasteiger partial charge on any atom is 0.161 e. The van der Waals surface area contributed by atoms with Gasteiger partial charge >= 0.3 is 0 Å². The highest BCUT2D eigenvalue weighted by Crippen LogP contribution is 2.32. The summed E-state index contributed by atoms with van der Waals surface area (Å²) in [4.78, 5) is 0. The fourth-order valence-electron chi connectivity index (χ4n) is 1.54. The number of halogens is 5. The highest BCUT2D eigenvalue weighted by atomic mass is 35.5. The third-order valence-electron chi connectivity index (χ3n) is 2.48. The summed E-state index contributed by atoms with van der Waals surface area (Å²) in [5.74, 6) is -3.26. The van der Waals surface area contributed by atoms with Gasteiger partial charge in [-0.25, -0.2) is 13.2 Å². The average molecular weight is 291 g/mol. The first-order valence-corrected chi connectivity index (χ1v) is 5.84. The second-order valence-corrected chi connectivity index (χ2v) is 4.57. The van der Waals surface area contributed by atoms with Crippen LogP contribution in [0.15, 0.2) is 36.4 Å². The summed E-state index contributed by atoms with van der Waals surface area (Å²) in [6.07, 6.45) is 0. The molecule has 0 fully saturated rings. The Kier molecular flexibility index (Phi) is 3.83. The van der Waals surface area contributed by atoms with Gasteiger partial charge in [0.15, 0.2) is 11.6 Å². The average Bonchev–Trinajstić information content (AvgIpc) is 2.34.